The molecule has 1 fully saturated rings. The number of nitrogen functional groups attached to an aromatic ring is 1. The first-order valence-electron chi connectivity index (χ1n) is 14.3. The molecule has 1 aliphatic rings. The van der Waals surface area contributed by atoms with Crippen LogP contribution in [0.15, 0.2) is 48.8 Å². The molecule has 1 aliphatic heterocycles. The Balaban J connectivity index is 0.000000316. The van der Waals surface area contributed by atoms with Crippen LogP contribution in [0.25, 0.3) is 5.65 Å². The highest BCUT2D eigenvalue weighted by Crippen LogP contribution is 2.19. The topological polar surface area (TPSA) is 125 Å². The quantitative estimate of drug-likeness (QED) is 0.315. The zero-order valence-electron chi connectivity index (χ0n) is 25.3. The van der Waals surface area contributed by atoms with E-state index < -0.39 is 6.04 Å². The number of imidazole rings is 1. The number of carbonyl (C=O) groups excluding carboxylic acids is 3. The van der Waals surface area contributed by atoms with Gasteiger partial charge in [0.05, 0.1) is 12.6 Å². The molecule has 10 nitrogen and oxygen atoms in total. The highest BCUT2D eigenvalue weighted by Gasteiger charge is 2.27. The Morgan fingerprint density at radius 3 is 2.50 bits per heavy atom. The van der Waals surface area contributed by atoms with Gasteiger partial charge in [-0.05, 0) is 75.1 Å². The molecule has 0 saturated carbocycles. The molecule has 2 aromatic heterocycles. The van der Waals surface area contributed by atoms with Crippen molar-refractivity contribution in [3.05, 3.63) is 65.9 Å². The van der Waals surface area contributed by atoms with Gasteiger partial charge in [0.15, 0.2) is 0 Å². The third-order valence-corrected chi connectivity index (χ3v) is 7.39. The zero-order chi connectivity index (χ0) is 30.9. The lowest BCUT2D eigenvalue weighted by Crippen LogP contribution is -2.47. The van der Waals surface area contributed by atoms with Crippen molar-refractivity contribution in [3.63, 3.8) is 0 Å². The summed E-state index contributed by atoms with van der Waals surface area (Å²) in [7, 11) is 3.79. The third-order valence-electron chi connectivity index (χ3n) is 7.39. The molecule has 0 spiro atoms. The van der Waals surface area contributed by atoms with Gasteiger partial charge in [0, 0.05) is 37.2 Å². The van der Waals surface area contributed by atoms with Crippen molar-refractivity contribution in [2.75, 3.05) is 46.0 Å². The summed E-state index contributed by atoms with van der Waals surface area (Å²) in [6.07, 6.45) is 7.16. The smallest absolute Gasteiger partial charge is 0.274 e. The third kappa shape index (κ3) is 9.35. The van der Waals surface area contributed by atoms with Crippen LogP contribution in [0.4, 0.5) is 10.1 Å². The number of likely N-dealkylation sites (tertiary alicyclic amines) is 1. The van der Waals surface area contributed by atoms with Gasteiger partial charge in [0.2, 0.25) is 5.91 Å². The number of pyridine rings is 1. The first-order valence-corrected chi connectivity index (χ1v) is 14.3. The van der Waals surface area contributed by atoms with Gasteiger partial charge < -0.3 is 35.4 Å². The molecule has 2 unspecified atom stereocenters. The van der Waals surface area contributed by atoms with E-state index in [0.717, 1.165) is 31.2 Å². The second-order valence-electron chi connectivity index (χ2n) is 11.8. The molecular formula is C31H44FN7O3. The molecule has 0 bridgehead atoms. The average Bonchev–Trinajstić information content (AvgIpc) is 3.55. The number of nitrogens with zero attached hydrogens (tertiary/aromatic N) is 4. The van der Waals surface area contributed by atoms with Crippen molar-refractivity contribution in [2.24, 2.45) is 5.41 Å². The molecule has 1 saturated heterocycles. The number of anilines is 1. The summed E-state index contributed by atoms with van der Waals surface area (Å²) >= 11 is 0. The molecule has 11 heteroatoms. The van der Waals surface area contributed by atoms with E-state index in [1.54, 1.807) is 48.1 Å². The molecule has 2 amide bonds. The monoisotopic (exact) mass is 581 g/mol. The van der Waals surface area contributed by atoms with Crippen molar-refractivity contribution in [3.8, 4) is 0 Å². The number of nitrogens with two attached hydrogens (primary N) is 1. The fourth-order valence-corrected chi connectivity index (χ4v) is 4.77. The van der Waals surface area contributed by atoms with Gasteiger partial charge in [-0.2, -0.15) is 0 Å². The zero-order valence-corrected chi connectivity index (χ0v) is 25.3. The van der Waals surface area contributed by atoms with Gasteiger partial charge in [0.25, 0.3) is 5.91 Å². The minimum atomic E-state index is -0.423. The van der Waals surface area contributed by atoms with E-state index >= 15 is 0 Å². The Morgan fingerprint density at radius 2 is 1.90 bits per heavy atom. The van der Waals surface area contributed by atoms with Crippen LogP contribution in [-0.4, -0.2) is 89.6 Å². The summed E-state index contributed by atoms with van der Waals surface area (Å²) in [6, 6.07) is 9.96. The van der Waals surface area contributed by atoms with E-state index in [9.17, 15) is 18.8 Å². The molecule has 228 valence electrons. The van der Waals surface area contributed by atoms with Crippen LogP contribution < -0.4 is 16.4 Å². The second-order valence-corrected chi connectivity index (χ2v) is 11.8. The Hall–Kier alpha value is -3.83. The summed E-state index contributed by atoms with van der Waals surface area (Å²) in [5.74, 6) is -0.498. The minimum absolute atomic E-state index is 0.0883. The summed E-state index contributed by atoms with van der Waals surface area (Å²) < 4.78 is 15.0. The molecule has 0 radical (unpaired) electrons. The number of amides is 2. The molecule has 0 aliphatic carbocycles. The average molecular weight is 582 g/mol. The number of benzene rings is 1. The number of nitrogens with one attached hydrogen (secondary N) is 2. The van der Waals surface area contributed by atoms with Crippen LogP contribution >= 0.6 is 0 Å². The molecule has 1 aromatic carbocycles. The Bertz CT molecular complexity index is 1340. The molecule has 42 heavy (non-hydrogen) atoms. The first kappa shape index (κ1) is 32.7. The van der Waals surface area contributed by atoms with Crippen molar-refractivity contribution < 1.29 is 18.8 Å². The Labute approximate surface area is 247 Å². The van der Waals surface area contributed by atoms with Gasteiger partial charge in [-0.1, -0.05) is 32.9 Å². The molecule has 4 N–H and O–H groups in total. The lowest BCUT2D eigenvalue weighted by molar-refractivity contribution is -0.124. The molecule has 2 atom stereocenters. The molecule has 4 rings (SSSR count). The maximum atomic E-state index is 13.3. The number of hydrogen-bond acceptors (Lipinski definition) is 7. The van der Waals surface area contributed by atoms with E-state index in [1.165, 1.54) is 12.1 Å². The van der Waals surface area contributed by atoms with E-state index in [0.29, 0.717) is 42.6 Å². The van der Waals surface area contributed by atoms with Crippen LogP contribution in [0.1, 0.15) is 49.7 Å². The van der Waals surface area contributed by atoms with E-state index in [-0.39, 0.29) is 29.6 Å². The van der Waals surface area contributed by atoms with Crippen molar-refractivity contribution in [2.45, 2.75) is 52.1 Å². The van der Waals surface area contributed by atoms with E-state index in [4.69, 9.17) is 5.73 Å². The van der Waals surface area contributed by atoms with Gasteiger partial charge >= 0.3 is 0 Å². The predicted octanol–water partition coefficient (Wildman–Crippen LogP) is 2.77. The minimum Gasteiger partial charge on any atom is -0.398 e. The molecule has 3 aromatic rings. The van der Waals surface area contributed by atoms with E-state index in [2.05, 4.69) is 27.6 Å². The van der Waals surface area contributed by atoms with Crippen LogP contribution in [0.5, 0.6) is 0 Å². The maximum absolute atomic E-state index is 13.3. The molecule has 3 heterocycles. The highest BCUT2D eigenvalue weighted by atomic mass is 19.1. The second kappa shape index (κ2) is 14.9. The number of hydrogen-bond donors (Lipinski definition) is 3. The summed E-state index contributed by atoms with van der Waals surface area (Å²) in [4.78, 5) is 43.8. The number of carbonyl (C=O) groups is 3. The first-order chi connectivity index (χ1) is 19.9. The van der Waals surface area contributed by atoms with Gasteiger partial charge in [-0.15, -0.1) is 0 Å². The fraction of sp³-hybridized carbons (Fsp3) is 0.484. The van der Waals surface area contributed by atoms with Crippen LogP contribution in [0.2, 0.25) is 0 Å². The summed E-state index contributed by atoms with van der Waals surface area (Å²) in [6.45, 7) is 8.24. The summed E-state index contributed by atoms with van der Waals surface area (Å²) in [5, 5.41) is 5.36. The number of likely N-dealkylation sites (N-methyl/N-ethyl adjacent to an activating group) is 2. The van der Waals surface area contributed by atoms with Crippen molar-refractivity contribution in [1.82, 2.24) is 29.8 Å². The van der Waals surface area contributed by atoms with E-state index in [1.807, 2.05) is 25.7 Å². The van der Waals surface area contributed by atoms with Crippen LogP contribution in [0, 0.1) is 11.2 Å². The predicted molar refractivity (Wildman–Crippen MR) is 163 cm³/mol. The standard InChI is InChI=1S/C22H26FN5O.C9H18N2O2/c1-26-11-2-3-19(26)14-27(12-10-16-4-6-17(23)7-5-16)22(29)20-15-28-13-18(24)8-9-21(28)25-20;1-9(2,3)7(6-12)11-8(13)5-10-4/h4-9,13,15,19H,2-3,10-12,14,24H2,1H3;6-7,10H,5H2,1-4H3,(H,11,13). The Morgan fingerprint density at radius 1 is 1.19 bits per heavy atom. The maximum Gasteiger partial charge on any atom is 0.274 e. The number of rotatable bonds is 10. The van der Waals surface area contributed by atoms with Crippen LogP contribution in [0.3, 0.4) is 0 Å². The van der Waals surface area contributed by atoms with Gasteiger partial charge in [-0.25, -0.2) is 9.37 Å². The number of halogens is 1. The number of fused-ring (bicyclic) bond motifs is 1. The summed E-state index contributed by atoms with van der Waals surface area (Å²) in [5.41, 5.74) is 8.34. The lowest BCUT2D eigenvalue weighted by Gasteiger charge is -2.28. The number of aromatic nitrogens is 2. The lowest BCUT2D eigenvalue weighted by atomic mass is 9.88. The SMILES string of the molecule is CN1CCCC1CN(CCc1ccc(F)cc1)C(=O)c1cn2cc(N)ccc2n1.CNCC(=O)NC(C=O)C(C)(C)C. The largest absolute Gasteiger partial charge is 0.398 e. The highest BCUT2D eigenvalue weighted by molar-refractivity contribution is 5.93. The van der Waals surface area contributed by atoms with Crippen LogP contribution in [-0.2, 0) is 16.0 Å². The number of aldehydes is 1. The van der Waals surface area contributed by atoms with Gasteiger partial charge in [-0.3, -0.25) is 9.59 Å². The van der Waals surface area contributed by atoms with Gasteiger partial charge in [0.1, 0.15) is 23.4 Å². The fourth-order valence-electron chi connectivity index (χ4n) is 4.77. The Kier molecular flexibility index (Phi) is 11.6. The van der Waals surface area contributed by atoms with Crippen molar-refractivity contribution >= 4 is 29.4 Å². The normalized spacial score (nSPS) is 16.0. The van der Waals surface area contributed by atoms with Crippen molar-refractivity contribution in [1.29, 1.82) is 0 Å². The molecular weight excluding hydrogens is 537 g/mol.